The van der Waals surface area contributed by atoms with E-state index in [1.165, 1.54) is 0 Å². The quantitative estimate of drug-likeness (QED) is 0.353. The van der Waals surface area contributed by atoms with E-state index in [1.54, 1.807) is 20.8 Å². The Labute approximate surface area is 215 Å². The van der Waals surface area contributed by atoms with Crippen molar-refractivity contribution >= 4 is 34.0 Å². The van der Waals surface area contributed by atoms with Crippen molar-refractivity contribution in [3.63, 3.8) is 0 Å². The first-order chi connectivity index (χ1) is 16.5. The van der Waals surface area contributed by atoms with Crippen molar-refractivity contribution < 1.29 is 23.9 Å². The lowest BCUT2D eigenvalue weighted by molar-refractivity contribution is -0.124. The van der Waals surface area contributed by atoms with Crippen LogP contribution in [0.2, 0.25) is 0 Å². The summed E-state index contributed by atoms with van der Waals surface area (Å²) in [7, 11) is 0. The zero-order chi connectivity index (χ0) is 25.8. The number of hydrogen-bond donors (Lipinski definition) is 3. The maximum absolute atomic E-state index is 13.0. The third-order valence-corrected chi connectivity index (χ3v) is 5.42. The molecule has 0 radical (unpaired) electrons. The fourth-order valence-corrected chi connectivity index (χ4v) is 3.40. The molecular weight excluding hydrogens is 514 g/mol. The van der Waals surface area contributed by atoms with Crippen molar-refractivity contribution in [2.75, 3.05) is 6.54 Å². The molecule has 0 aliphatic heterocycles. The number of halogens is 1. The average Bonchev–Trinajstić information content (AvgIpc) is 2.79. The van der Waals surface area contributed by atoms with Gasteiger partial charge in [0.05, 0.1) is 6.04 Å². The lowest BCUT2D eigenvalue weighted by atomic mass is 10.1. The van der Waals surface area contributed by atoms with Gasteiger partial charge >= 0.3 is 12.2 Å². The molecule has 0 aliphatic carbocycles. The second-order valence-electron chi connectivity index (χ2n) is 9.11. The van der Waals surface area contributed by atoms with Crippen LogP contribution >= 0.6 is 15.9 Å². The molecular formula is C26H34BrN3O5. The summed E-state index contributed by atoms with van der Waals surface area (Å²) in [5.41, 5.74) is 1.13. The summed E-state index contributed by atoms with van der Waals surface area (Å²) >= 11 is 3.40. The Morgan fingerprint density at radius 1 is 0.943 bits per heavy atom. The highest BCUT2D eigenvalue weighted by Crippen LogP contribution is 2.17. The van der Waals surface area contributed by atoms with Crippen LogP contribution in [0.25, 0.3) is 0 Å². The monoisotopic (exact) mass is 547 g/mol. The Balaban J connectivity index is 1.88. The summed E-state index contributed by atoms with van der Waals surface area (Å²) in [5, 5.41) is 8.25. The van der Waals surface area contributed by atoms with E-state index >= 15 is 0 Å². The molecule has 35 heavy (non-hydrogen) atoms. The second kappa shape index (κ2) is 13.7. The maximum Gasteiger partial charge on any atom is 0.408 e. The lowest BCUT2D eigenvalue weighted by Crippen LogP contribution is -2.49. The number of nitrogens with one attached hydrogen (secondary N) is 3. The van der Waals surface area contributed by atoms with Gasteiger partial charge in [-0.15, -0.1) is 0 Å². The summed E-state index contributed by atoms with van der Waals surface area (Å²) in [6, 6.07) is 15.9. The van der Waals surface area contributed by atoms with Gasteiger partial charge in [-0.1, -0.05) is 58.4 Å². The molecule has 0 saturated heterocycles. The van der Waals surface area contributed by atoms with Crippen molar-refractivity contribution in [3.05, 3.63) is 70.2 Å². The molecule has 0 bridgehead atoms. The summed E-state index contributed by atoms with van der Waals surface area (Å²) in [5.74, 6) is -0.335. The van der Waals surface area contributed by atoms with Crippen LogP contribution in [0.4, 0.5) is 9.59 Å². The van der Waals surface area contributed by atoms with Crippen LogP contribution in [-0.2, 0) is 20.9 Å². The average molecular weight is 548 g/mol. The van der Waals surface area contributed by atoms with Gasteiger partial charge in [-0.2, -0.15) is 0 Å². The standard InChI is InChI=1S/C26H34BrN3O5/c1-18(20-12-14-21(27)15-13-20)29-23(31)22(30-25(33)35-26(2,3)4)11-8-16-28-24(32)34-17-19-9-6-5-7-10-19/h5-7,9-10,12-15,18,22H,8,11,16-17H2,1-4H3,(H,28,32)(H,29,31)(H,30,33)/t18-,22+/m1/s1. The molecule has 3 N–H and O–H groups in total. The number of carbonyl (C=O) groups is 3. The van der Waals surface area contributed by atoms with Gasteiger partial charge < -0.3 is 25.4 Å². The topological polar surface area (TPSA) is 106 Å². The molecule has 8 nitrogen and oxygen atoms in total. The van der Waals surface area contributed by atoms with Crippen LogP contribution < -0.4 is 16.0 Å². The summed E-state index contributed by atoms with van der Waals surface area (Å²) in [6.45, 7) is 7.59. The molecule has 2 aromatic carbocycles. The largest absolute Gasteiger partial charge is 0.445 e. The molecule has 2 atom stereocenters. The number of amides is 3. The third-order valence-electron chi connectivity index (χ3n) is 4.89. The SMILES string of the molecule is C[C@@H](NC(=O)[C@H](CCCNC(=O)OCc1ccccc1)NC(=O)OC(C)(C)C)c1ccc(Br)cc1. The number of carbonyl (C=O) groups excluding carboxylic acids is 3. The van der Waals surface area contributed by atoms with Crippen molar-refractivity contribution in [1.82, 2.24) is 16.0 Å². The third kappa shape index (κ3) is 11.3. The van der Waals surface area contributed by atoms with E-state index in [1.807, 2.05) is 61.5 Å². The zero-order valence-electron chi connectivity index (χ0n) is 20.6. The summed E-state index contributed by atoms with van der Waals surface area (Å²) in [4.78, 5) is 37.2. The second-order valence-corrected chi connectivity index (χ2v) is 10.0. The van der Waals surface area contributed by atoms with Gasteiger partial charge in [0.15, 0.2) is 0 Å². The number of alkyl carbamates (subject to hydrolysis) is 2. The van der Waals surface area contributed by atoms with Crippen molar-refractivity contribution in [3.8, 4) is 0 Å². The molecule has 0 saturated carbocycles. The summed E-state index contributed by atoms with van der Waals surface area (Å²) < 4.78 is 11.4. The zero-order valence-corrected chi connectivity index (χ0v) is 22.2. The van der Waals surface area contributed by atoms with Crippen molar-refractivity contribution in [1.29, 1.82) is 0 Å². The summed E-state index contributed by atoms with van der Waals surface area (Å²) in [6.07, 6.45) is -0.471. The van der Waals surface area contributed by atoms with E-state index in [-0.39, 0.29) is 25.1 Å². The molecule has 9 heteroatoms. The molecule has 2 rings (SSSR count). The van der Waals surface area contributed by atoms with E-state index in [9.17, 15) is 14.4 Å². The molecule has 3 amide bonds. The van der Waals surface area contributed by atoms with Crippen LogP contribution in [0.15, 0.2) is 59.1 Å². The highest BCUT2D eigenvalue weighted by atomic mass is 79.9. The Kier molecular flexibility index (Phi) is 11.0. The van der Waals surface area contributed by atoms with E-state index in [0.29, 0.717) is 12.8 Å². The van der Waals surface area contributed by atoms with Crippen LogP contribution in [0.3, 0.4) is 0 Å². The Morgan fingerprint density at radius 2 is 1.60 bits per heavy atom. The smallest absolute Gasteiger partial charge is 0.408 e. The molecule has 0 heterocycles. The van der Waals surface area contributed by atoms with Gasteiger partial charge in [0, 0.05) is 11.0 Å². The van der Waals surface area contributed by atoms with Crippen LogP contribution in [0, 0.1) is 0 Å². The molecule has 2 aromatic rings. The molecule has 0 aliphatic rings. The molecule has 190 valence electrons. The highest BCUT2D eigenvalue weighted by molar-refractivity contribution is 9.10. The minimum absolute atomic E-state index is 0.172. The van der Waals surface area contributed by atoms with Gasteiger partial charge in [-0.05, 0) is 63.8 Å². The van der Waals surface area contributed by atoms with Gasteiger partial charge in [0.2, 0.25) is 5.91 Å². The van der Waals surface area contributed by atoms with Crippen LogP contribution in [0.1, 0.15) is 57.7 Å². The van der Waals surface area contributed by atoms with E-state index in [2.05, 4.69) is 31.9 Å². The van der Waals surface area contributed by atoms with Gasteiger partial charge in [-0.25, -0.2) is 9.59 Å². The van der Waals surface area contributed by atoms with Crippen molar-refractivity contribution in [2.45, 2.75) is 64.8 Å². The number of rotatable bonds is 10. The van der Waals surface area contributed by atoms with Gasteiger partial charge in [-0.3, -0.25) is 4.79 Å². The molecule has 0 aromatic heterocycles. The predicted molar refractivity (Wildman–Crippen MR) is 138 cm³/mol. The van der Waals surface area contributed by atoms with Gasteiger partial charge in [0.25, 0.3) is 0 Å². The Morgan fingerprint density at radius 3 is 2.23 bits per heavy atom. The Bertz CT molecular complexity index is 961. The van der Waals surface area contributed by atoms with Crippen LogP contribution in [-0.4, -0.2) is 36.3 Å². The molecule has 0 spiro atoms. The van der Waals surface area contributed by atoms with E-state index < -0.39 is 23.8 Å². The Hall–Kier alpha value is -3.07. The first kappa shape index (κ1) is 28.2. The number of ether oxygens (including phenoxy) is 2. The maximum atomic E-state index is 13.0. The first-order valence-electron chi connectivity index (χ1n) is 11.5. The lowest BCUT2D eigenvalue weighted by Gasteiger charge is -2.24. The fraction of sp³-hybridized carbons (Fsp3) is 0.423. The van der Waals surface area contributed by atoms with Gasteiger partial charge in [0.1, 0.15) is 18.2 Å². The predicted octanol–water partition coefficient (Wildman–Crippen LogP) is 5.23. The number of benzene rings is 2. The molecule has 0 unspecified atom stereocenters. The fourth-order valence-electron chi connectivity index (χ4n) is 3.14. The van der Waals surface area contributed by atoms with Crippen molar-refractivity contribution in [2.24, 2.45) is 0 Å². The highest BCUT2D eigenvalue weighted by Gasteiger charge is 2.25. The molecule has 0 fully saturated rings. The van der Waals surface area contributed by atoms with E-state index in [0.717, 1.165) is 15.6 Å². The minimum Gasteiger partial charge on any atom is -0.445 e. The van der Waals surface area contributed by atoms with Crippen LogP contribution in [0.5, 0.6) is 0 Å². The minimum atomic E-state index is -0.829. The van der Waals surface area contributed by atoms with E-state index in [4.69, 9.17) is 9.47 Å². The first-order valence-corrected chi connectivity index (χ1v) is 12.3. The normalized spacial score (nSPS) is 12.7. The number of hydrogen-bond acceptors (Lipinski definition) is 5.